The van der Waals surface area contributed by atoms with Crippen molar-refractivity contribution in [2.24, 2.45) is 0 Å². The summed E-state index contributed by atoms with van der Waals surface area (Å²) in [6, 6.07) is 11.9. The standard InChI is InChI=1S/C21H23N3O2S2/c1-4-11-22-19(25)14(3)27-21-23-16-13-17(15-9-7-6-8-10-15)28-18(16)20(26)24(21)12-5-2/h5-10,13-14H,2,4,11-12H2,1,3H3,(H,22,25)/t14-/m1/s1. The van der Waals surface area contributed by atoms with Crippen LogP contribution in [-0.2, 0) is 11.3 Å². The fourth-order valence-electron chi connectivity index (χ4n) is 2.72. The Kier molecular flexibility index (Phi) is 6.70. The number of rotatable bonds is 8. The molecule has 3 rings (SSSR count). The number of aromatic nitrogens is 2. The minimum Gasteiger partial charge on any atom is -0.355 e. The van der Waals surface area contributed by atoms with Crippen molar-refractivity contribution in [3.8, 4) is 10.4 Å². The second kappa shape index (κ2) is 9.21. The van der Waals surface area contributed by atoms with Gasteiger partial charge < -0.3 is 5.32 Å². The van der Waals surface area contributed by atoms with Crippen molar-refractivity contribution in [3.05, 3.63) is 59.4 Å². The van der Waals surface area contributed by atoms with Crippen LogP contribution in [0.1, 0.15) is 20.3 Å². The summed E-state index contributed by atoms with van der Waals surface area (Å²) < 4.78 is 2.21. The van der Waals surface area contributed by atoms with Crippen LogP contribution in [0.4, 0.5) is 0 Å². The average Bonchev–Trinajstić information content (AvgIpc) is 3.14. The van der Waals surface area contributed by atoms with Gasteiger partial charge in [-0.3, -0.25) is 14.2 Å². The summed E-state index contributed by atoms with van der Waals surface area (Å²) in [5, 5.41) is 3.08. The minimum atomic E-state index is -0.348. The average molecular weight is 414 g/mol. The number of nitrogens with zero attached hydrogens (tertiary/aromatic N) is 2. The van der Waals surface area contributed by atoms with Crippen molar-refractivity contribution in [1.29, 1.82) is 0 Å². The lowest BCUT2D eigenvalue weighted by molar-refractivity contribution is -0.120. The maximum Gasteiger partial charge on any atom is 0.272 e. The molecule has 1 N–H and O–H groups in total. The van der Waals surface area contributed by atoms with E-state index in [-0.39, 0.29) is 16.7 Å². The number of benzene rings is 1. The molecule has 0 aliphatic carbocycles. The molecule has 0 saturated heterocycles. The third-order valence-corrected chi connectivity index (χ3v) is 6.42. The topological polar surface area (TPSA) is 64.0 Å². The number of allylic oxidation sites excluding steroid dienone is 1. The molecule has 0 fully saturated rings. The van der Waals surface area contributed by atoms with E-state index in [2.05, 4.69) is 11.9 Å². The summed E-state index contributed by atoms with van der Waals surface area (Å²) >= 11 is 2.74. The first-order chi connectivity index (χ1) is 13.5. The normalized spacial score (nSPS) is 12.1. The lowest BCUT2D eigenvalue weighted by atomic mass is 10.2. The molecule has 0 aliphatic heterocycles. The number of fused-ring (bicyclic) bond motifs is 1. The molecule has 146 valence electrons. The number of thioether (sulfide) groups is 1. The Morgan fingerprint density at radius 1 is 1.39 bits per heavy atom. The fourth-order valence-corrected chi connectivity index (χ4v) is 4.71. The number of amides is 1. The molecular weight excluding hydrogens is 390 g/mol. The molecule has 0 bridgehead atoms. The molecule has 0 aliphatic rings. The zero-order valence-electron chi connectivity index (χ0n) is 16.0. The van der Waals surface area contributed by atoms with E-state index in [1.807, 2.05) is 50.2 Å². The second-order valence-corrected chi connectivity index (χ2v) is 8.70. The van der Waals surface area contributed by atoms with E-state index in [1.165, 1.54) is 23.1 Å². The molecule has 2 heterocycles. The fraction of sp³-hybridized carbons (Fsp3) is 0.286. The highest BCUT2D eigenvalue weighted by atomic mass is 32.2. The van der Waals surface area contributed by atoms with Gasteiger partial charge in [-0.15, -0.1) is 17.9 Å². The Morgan fingerprint density at radius 3 is 2.82 bits per heavy atom. The van der Waals surface area contributed by atoms with Gasteiger partial charge in [0.2, 0.25) is 5.91 Å². The van der Waals surface area contributed by atoms with Gasteiger partial charge >= 0.3 is 0 Å². The maximum atomic E-state index is 13.1. The molecule has 0 saturated carbocycles. The van der Waals surface area contributed by atoms with Crippen molar-refractivity contribution in [2.45, 2.75) is 37.2 Å². The van der Waals surface area contributed by atoms with Crippen LogP contribution in [-0.4, -0.2) is 27.3 Å². The summed E-state index contributed by atoms with van der Waals surface area (Å²) in [5.41, 5.74) is 1.63. The van der Waals surface area contributed by atoms with Crippen molar-refractivity contribution in [3.63, 3.8) is 0 Å². The first kappa shape index (κ1) is 20.4. The molecule has 28 heavy (non-hydrogen) atoms. The highest BCUT2D eigenvalue weighted by Gasteiger charge is 2.20. The van der Waals surface area contributed by atoms with Gasteiger partial charge in [-0.25, -0.2) is 4.98 Å². The number of thiophene rings is 1. The SMILES string of the molecule is C=CCn1c(S[C@H](C)C(=O)NCCC)nc2cc(-c3ccccc3)sc2c1=O. The highest BCUT2D eigenvalue weighted by Crippen LogP contribution is 2.32. The van der Waals surface area contributed by atoms with Gasteiger partial charge in [-0.2, -0.15) is 0 Å². The monoisotopic (exact) mass is 413 g/mol. The quantitative estimate of drug-likeness (QED) is 0.339. The van der Waals surface area contributed by atoms with Crippen LogP contribution >= 0.6 is 23.1 Å². The Hall–Kier alpha value is -2.38. The maximum absolute atomic E-state index is 13.1. The van der Waals surface area contributed by atoms with Crippen LogP contribution < -0.4 is 10.9 Å². The van der Waals surface area contributed by atoms with Crippen LogP contribution in [0.25, 0.3) is 20.7 Å². The molecule has 1 amide bonds. The molecule has 1 aromatic carbocycles. The van der Waals surface area contributed by atoms with Gasteiger partial charge in [0.25, 0.3) is 5.56 Å². The Balaban J connectivity index is 2.01. The van der Waals surface area contributed by atoms with Gasteiger partial charge in [-0.05, 0) is 25.0 Å². The molecule has 3 aromatic rings. The Morgan fingerprint density at radius 2 is 2.14 bits per heavy atom. The largest absolute Gasteiger partial charge is 0.355 e. The Bertz CT molecular complexity index is 1040. The van der Waals surface area contributed by atoms with E-state index in [1.54, 1.807) is 10.6 Å². The third-order valence-electron chi connectivity index (χ3n) is 4.17. The molecule has 0 radical (unpaired) electrons. The molecule has 0 unspecified atom stereocenters. The summed E-state index contributed by atoms with van der Waals surface area (Å²) in [7, 11) is 0. The lowest BCUT2D eigenvalue weighted by Crippen LogP contribution is -2.32. The predicted molar refractivity (Wildman–Crippen MR) is 118 cm³/mol. The van der Waals surface area contributed by atoms with Crippen molar-refractivity contribution >= 4 is 39.2 Å². The minimum absolute atomic E-state index is 0.0540. The van der Waals surface area contributed by atoms with Gasteiger partial charge in [0, 0.05) is 18.0 Å². The summed E-state index contributed by atoms with van der Waals surface area (Å²) in [4.78, 5) is 31.0. The molecular formula is C21H23N3O2S2. The number of hydrogen-bond acceptors (Lipinski definition) is 5. The molecule has 2 aromatic heterocycles. The van der Waals surface area contributed by atoms with Crippen LogP contribution in [0.15, 0.2) is 59.0 Å². The van der Waals surface area contributed by atoms with Gasteiger partial charge in [-0.1, -0.05) is 55.1 Å². The number of carbonyl (C=O) groups excluding carboxylic acids is 1. The van der Waals surface area contributed by atoms with Gasteiger partial charge in [0.1, 0.15) is 4.70 Å². The molecule has 1 atom stereocenters. The molecule has 5 nitrogen and oxygen atoms in total. The summed E-state index contributed by atoms with van der Waals surface area (Å²) in [6.45, 7) is 8.58. The van der Waals surface area contributed by atoms with Crippen molar-refractivity contribution in [2.75, 3.05) is 6.54 Å². The zero-order valence-corrected chi connectivity index (χ0v) is 17.6. The van der Waals surface area contributed by atoms with Crippen LogP contribution in [0.3, 0.4) is 0 Å². The molecule has 0 spiro atoms. The number of nitrogens with one attached hydrogen (secondary N) is 1. The smallest absolute Gasteiger partial charge is 0.272 e. The van der Waals surface area contributed by atoms with Crippen LogP contribution in [0, 0.1) is 0 Å². The molecule has 7 heteroatoms. The predicted octanol–water partition coefficient (Wildman–Crippen LogP) is 4.32. The first-order valence-corrected chi connectivity index (χ1v) is 10.9. The van der Waals surface area contributed by atoms with E-state index in [0.717, 1.165) is 16.9 Å². The second-order valence-electron chi connectivity index (χ2n) is 6.34. The van der Waals surface area contributed by atoms with Crippen molar-refractivity contribution < 1.29 is 4.79 Å². The lowest BCUT2D eigenvalue weighted by Gasteiger charge is -2.14. The zero-order chi connectivity index (χ0) is 20.1. The number of carbonyl (C=O) groups is 1. The summed E-state index contributed by atoms with van der Waals surface area (Å²) in [5.74, 6) is -0.0540. The summed E-state index contributed by atoms with van der Waals surface area (Å²) in [6.07, 6.45) is 2.55. The van der Waals surface area contributed by atoms with E-state index in [4.69, 9.17) is 4.98 Å². The highest BCUT2D eigenvalue weighted by molar-refractivity contribution is 8.00. The first-order valence-electron chi connectivity index (χ1n) is 9.20. The third kappa shape index (κ3) is 4.36. The van der Waals surface area contributed by atoms with Crippen LogP contribution in [0.2, 0.25) is 0 Å². The van der Waals surface area contributed by atoms with Gasteiger partial charge in [0.15, 0.2) is 5.16 Å². The van der Waals surface area contributed by atoms with Crippen LogP contribution in [0.5, 0.6) is 0 Å². The Labute approximate surface area is 172 Å². The van der Waals surface area contributed by atoms with E-state index in [0.29, 0.717) is 28.5 Å². The van der Waals surface area contributed by atoms with E-state index in [9.17, 15) is 9.59 Å². The van der Waals surface area contributed by atoms with E-state index >= 15 is 0 Å². The van der Waals surface area contributed by atoms with Gasteiger partial charge in [0.05, 0.1) is 10.8 Å². The van der Waals surface area contributed by atoms with E-state index < -0.39 is 0 Å². The number of hydrogen-bond donors (Lipinski definition) is 1. The van der Waals surface area contributed by atoms with Crippen molar-refractivity contribution in [1.82, 2.24) is 14.9 Å².